The molecule has 1 unspecified atom stereocenters. The Morgan fingerprint density at radius 3 is 2.76 bits per heavy atom. The normalized spacial score (nSPS) is 13.4. The lowest BCUT2D eigenvalue weighted by atomic mass is 9.79. The lowest BCUT2D eigenvalue weighted by molar-refractivity contribution is 0.596. The predicted molar refractivity (Wildman–Crippen MR) is 108 cm³/mol. The second-order valence-corrected chi connectivity index (χ2v) is 7.46. The van der Waals surface area contributed by atoms with Crippen LogP contribution in [0.5, 0.6) is 0 Å². The van der Waals surface area contributed by atoms with Crippen molar-refractivity contribution < 1.29 is 0 Å². The number of nitrogens with one attached hydrogen (secondary N) is 1. The summed E-state index contributed by atoms with van der Waals surface area (Å²) in [5, 5.41) is 10.8. The number of rotatable bonds is 4. The average Bonchev–Trinajstić information content (AvgIpc) is 2.60. The van der Waals surface area contributed by atoms with Crippen molar-refractivity contribution in [1.29, 1.82) is 5.26 Å². The molecule has 0 aliphatic rings. The first-order valence-corrected chi connectivity index (χ1v) is 9.22. The highest BCUT2D eigenvalue weighted by molar-refractivity contribution is 14.1. The Balaban J connectivity index is 2.06. The zero-order valence-electron chi connectivity index (χ0n) is 14.1. The average molecular weight is 443 g/mol. The molecule has 0 spiro atoms. The Labute approximate surface area is 160 Å². The van der Waals surface area contributed by atoms with Crippen molar-refractivity contribution in [2.45, 2.75) is 32.1 Å². The summed E-state index contributed by atoms with van der Waals surface area (Å²) >= 11 is 2.17. The summed E-state index contributed by atoms with van der Waals surface area (Å²) in [6.45, 7) is 3.87. The number of benzene rings is 1. The van der Waals surface area contributed by atoms with E-state index in [0.29, 0.717) is 12.8 Å². The smallest absolute Gasteiger partial charge is 0.251 e. The summed E-state index contributed by atoms with van der Waals surface area (Å²) in [5.74, 6) is 0. The summed E-state index contributed by atoms with van der Waals surface area (Å²) in [5.41, 5.74) is 2.51. The van der Waals surface area contributed by atoms with E-state index in [9.17, 15) is 10.1 Å². The Kier molecular flexibility index (Phi) is 4.91. The van der Waals surface area contributed by atoms with Gasteiger partial charge in [0.15, 0.2) is 0 Å². The maximum Gasteiger partial charge on any atom is 0.251 e. The van der Waals surface area contributed by atoms with Crippen LogP contribution in [0.15, 0.2) is 47.3 Å². The highest BCUT2D eigenvalue weighted by Gasteiger charge is 2.28. The number of nitriles is 1. The van der Waals surface area contributed by atoms with Crippen molar-refractivity contribution in [1.82, 2.24) is 9.97 Å². The van der Waals surface area contributed by atoms with Crippen LogP contribution in [0.1, 0.15) is 30.7 Å². The lowest BCUT2D eigenvalue weighted by Crippen LogP contribution is -2.23. The Bertz CT molecular complexity index is 1040. The first-order chi connectivity index (χ1) is 11.9. The van der Waals surface area contributed by atoms with Crippen LogP contribution in [0.4, 0.5) is 0 Å². The number of aromatic nitrogens is 2. The predicted octanol–water partition coefficient (Wildman–Crippen LogP) is 4.11. The van der Waals surface area contributed by atoms with E-state index in [0.717, 1.165) is 31.4 Å². The number of hydrogen-bond acceptors (Lipinski definition) is 3. The van der Waals surface area contributed by atoms with Crippen molar-refractivity contribution in [2.75, 3.05) is 0 Å². The summed E-state index contributed by atoms with van der Waals surface area (Å²) in [4.78, 5) is 19.5. The molecule has 0 aliphatic carbocycles. The molecule has 25 heavy (non-hydrogen) atoms. The molecule has 3 rings (SSSR count). The molecule has 0 radical (unpaired) electrons. The van der Waals surface area contributed by atoms with Crippen LogP contribution in [0.2, 0.25) is 0 Å². The van der Waals surface area contributed by atoms with Gasteiger partial charge in [-0.15, -0.1) is 0 Å². The number of halogens is 1. The first kappa shape index (κ1) is 17.6. The number of fused-ring (bicyclic) bond motifs is 1. The molecular weight excluding hydrogens is 425 g/mol. The van der Waals surface area contributed by atoms with E-state index in [-0.39, 0.29) is 5.56 Å². The SMILES string of the molecule is CCc1cc2ccc(C(C)(C#N)Cc3cccc(I)n3)cc2[nH]c1=O. The second-order valence-electron chi connectivity index (χ2n) is 6.35. The molecule has 5 heteroatoms. The number of aromatic amines is 1. The molecule has 0 saturated carbocycles. The van der Waals surface area contributed by atoms with Crippen LogP contribution in [-0.2, 0) is 18.3 Å². The molecule has 1 atom stereocenters. The summed E-state index contributed by atoms with van der Waals surface area (Å²) < 4.78 is 0.908. The molecular formula is C20H18IN3O. The fraction of sp³-hybridized carbons (Fsp3) is 0.250. The fourth-order valence-electron chi connectivity index (χ4n) is 2.97. The van der Waals surface area contributed by atoms with Gasteiger partial charge in [-0.05, 0) is 71.2 Å². The zero-order chi connectivity index (χ0) is 18.0. The van der Waals surface area contributed by atoms with Crippen molar-refractivity contribution in [3.05, 3.63) is 73.3 Å². The van der Waals surface area contributed by atoms with Gasteiger partial charge in [-0.25, -0.2) is 4.98 Å². The van der Waals surface area contributed by atoms with E-state index in [4.69, 9.17) is 0 Å². The van der Waals surface area contributed by atoms with Gasteiger partial charge in [-0.1, -0.05) is 25.1 Å². The highest BCUT2D eigenvalue weighted by Crippen LogP contribution is 2.29. The maximum absolute atomic E-state index is 12.1. The molecule has 3 aromatic rings. The summed E-state index contributed by atoms with van der Waals surface area (Å²) in [7, 11) is 0. The molecule has 0 bridgehead atoms. The Morgan fingerprint density at radius 2 is 2.08 bits per heavy atom. The van der Waals surface area contributed by atoms with E-state index in [1.165, 1.54) is 0 Å². The number of hydrogen-bond donors (Lipinski definition) is 1. The van der Waals surface area contributed by atoms with Crippen LogP contribution < -0.4 is 5.56 Å². The van der Waals surface area contributed by atoms with E-state index in [1.807, 2.05) is 56.3 Å². The van der Waals surface area contributed by atoms with Crippen LogP contribution >= 0.6 is 22.6 Å². The topological polar surface area (TPSA) is 69.5 Å². The lowest BCUT2D eigenvalue weighted by Gasteiger charge is -2.22. The molecule has 126 valence electrons. The first-order valence-electron chi connectivity index (χ1n) is 8.14. The Hall–Kier alpha value is -2.20. The fourth-order valence-corrected chi connectivity index (χ4v) is 3.49. The molecule has 0 saturated heterocycles. The number of H-pyrrole nitrogens is 1. The molecule has 0 aliphatic heterocycles. The molecule has 2 heterocycles. The van der Waals surface area contributed by atoms with Crippen molar-refractivity contribution >= 4 is 33.5 Å². The highest BCUT2D eigenvalue weighted by atomic mass is 127. The van der Waals surface area contributed by atoms with Crippen LogP contribution in [0.3, 0.4) is 0 Å². The van der Waals surface area contributed by atoms with E-state index in [2.05, 4.69) is 38.6 Å². The van der Waals surface area contributed by atoms with Crippen LogP contribution in [0.25, 0.3) is 10.9 Å². The summed E-state index contributed by atoms with van der Waals surface area (Å²) in [6.07, 6.45) is 1.21. The quantitative estimate of drug-likeness (QED) is 0.488. The summed E-state index contributed by atoms with van der Waals surface area (Å²) in [6, 6.07) is 16.0. The van der Waals surface area contributed by atoms with Gasteiger partial charge >= 0.3 is 0 Å². The molecule has 0 amide bonds. The number of aryl methyl sites for hydroxylation is 1. The largest absolute Gasteiger partial charge is 0.322 e. The number of pyridine rings is 2. The van der Waals surface area contributed by atoms with Gasteiger partial charge in [0.25, 0.3) is 5.56 Å². The minimum atomic E-state index is -0.716. The minimum absolute atomic E-state index is 0.0647. The maximum atomic E-state index is 12.1. The molecule has 4 nitrogen and oxygen atoms in total. The standard InChI is InChI=1S/C20H18IN3O/c1-3-13-9-14-7-8-15(10-17(14)24-19(13)25)20(2,12-22)11-16-5-4-6-18(21)23-16/h4-10H,3,11H2,1-2H3,(H,24,25). The third kappa shape index (κ3) is 3.59. The number of nitrogens with zero attached hydrogens (tertiary/aromatic N) is 2. The van der Waals surface area contributed by atoms with Crippen molar-refractivity contribution in [2.24, 2.45) is 0 Å². The zero-order valence-corrected chi connectivity index (χ0v) is 16.3. The Morgan fingerprint density at radius 1 is 1.28 bits per heavy atom. The molecule has 0 fully saturated rings. The van der Waals surface area contributed by atoms with E-state index >= 15 is 0 Å². The minimum Gasteiger partial charge on any atom is -0.322 e. The van der Waals surface area contributed by atoms with Gasteiger partial charge < -0.3 is 4.98 Å². The van der Waals surface area contributed by atoms with Gasteiger partial charge in [0.05, 0.1) is 11.5 Å². The molecule has 1 aromatic carbocycles. The van der Waals surface area contributed by atoms with Crippen molar-refractivity contribution in [3.8, 4) is 6.07 Å². The van der Waals surface area contributed by atoms with Gasteiger partial charge in [-0.3, -0.25) is 4.79 Å². The van der Waals surface area contributed by atoms with Crippen LogP contribution in [-0.4, -0.2) is 9.97 Å². The van der Waals surface area contributed by atoms with E-state index in [1.54, 1.807) is 0 Å². The van der Waals surface area contributed by atoms with Gasteiger partial charge in [0, 0.05) is 23.2 Å². The third-order valence-corrected chi connectivity index (χ3v) is 5.10. The van der Waals surface area contributed by atoms with E-state index < -0.39 is 5.41 Å². The monoisotopic (exact) mass is 443 g/mol. The van der Waals surface area contributed by atoms with Crippen molar-refractivity contribution in [3.63, 3.8) is 0 Å². The van der Waals surface area contributed by atoms with Crippen LogP contribution in [0, 0.1) is 15.0 Å². The van der Waals surface area contributed by atoms with Gasteiger partial charge in [0.1, 0.15) is 3.70 Å². The molecule has 2 aromatic heterocycles. The van der Waals surface area contributed by atoms with Gasteiger partial charge in [0.2, 0.25) is 0 Å². The molecule has 1 N–H and O–H groups in total. The van der Waals surface area contributed by atoms with Gasteiger partial charge in [-0.2, -0.15) is 5.26 Å². The third-order valence-electron chi connectivity index (χ3n) is 4.50. The second kappa shape index (κ2) is 6.96.